The van der Waals surface area contributed by atoms with Crippen LogP contribution >= 0.6 is 0 Å². The lowest BCUT2D eigenvalue weighted by atomic mass is 10.2. The zero-order valence-electron chi connectivity index (χ0n) is 11.3. The van der Waals surface area contributed by atoms with E-state index in [1.165, 1.54) is 25.0 Å². The molecule has 1 N–H and O–H groups in total. The molecule has 0 unspecified atom stereocenters. The largest absolute Gasteiger partial charge is 0.352 e. The van der Waals surface area contributed by atoms with Crippen molar-refractivity contribution in [1.82, 2.24) is 10.2 Å². The molecule has 2 nitrogen and oxygen atoms in total. The van der Waals surface area contributed by atoms with Crippen LogP contribution in [0, 0.1) is 0 Å². The number of nitrogens with zero attached hydrogens (tertiary/aromatic N) is 1. The summed E-state index contributed by atoms with van der Waals surface area (Å²) in [6, 6.07) is 0. The number of allylic oxidation sites excluding steroid dienone is 1. The van der Waals surface area contributed by atoms with E-state index < -0.39 is 0 Å². The van der Waals surface area contributed by atoms with E-state index in [4.69, 9.17) is 0 Å². The van der Waals surface area contributed by atoms with Gasteiger partial charge in [-0.2, -0.15) is 0 Å². The van der Waals surface area contributed by atoms with Gasteiger partial charge < -0.3 is 10.2 Å². The van der Waals surface area contributed by atoms with Gasteiger partial charge >= 0.3 is 0 Å². The summed E-state index contributed by atoms with van der Waals surface area (Å²) in [5, 5.41) is 3.33. The Hall–Kier alpha value is -0.760. The van der Waals surface area contributed by atoms with Gasteiger partial charge in [-0.25, -0.2) is 0 Å². The first kappa shape index (κ1) is 15.2. The van der Waals surface area contributed by atoms with Crippen LogP contribution in [0.2, 0.25) is 0 Å². The maximum atomic E-state index is 4.16. The Labute approximate surface area is 101 Å². The lowest BCUT2D eigenvalue weighted by Gasteiger charge is -2.23. The molecule has 0 bridgehead atoms. The second-order valence-corrected chi connectivity index (χ2v) is 4.05. The SMILES string of the molecule is C=C(CCNCC)N(/C=C\C)CCCCC. The Bertz CT molecular complexity index is 197. The van der Waals surface area contributed by atoms with Gasteiger partial charge in [0.05, 0.1) is 0 Å². The summed E-state index contributed by atoms with van der Waals surface area (Å²) >= 11 is 0. The van der Waals surface area contributed by atoms with E-state index in [9.17, 15) is 0 Å². The van der Waals surface area contributed by atoms with Crippen LogP contribution in [0.3, 0.4) is 0 Å². The topological polar surface area (TPSA) is 15.3 Å². The maximum Gasteiger partial charge on any atom is 0.0221 e. The normalized spacial score (nSPS) is 10.9. The van der Waals surface area contributed by atoms with Crippen LogP contribution < -0.4 is 5.32 Å². The van der Waals surface area contributed by atoms with Gasteiger partial charge in [0, 0.05) is 18.8 Å². The third-order valence-corrected chi connectivity index (χ3v) is 2.58. The number of rotatable bonds is 10. The molecule has 0 heterocycles. The van der Waals surface area contributed by atoms with E-state index in [-0.39, 0.29) is 0 Å². The second-order valence-electron chi connectivity index (χ2n) is 4.05. The molecule has 0 aromatic carbocycles. The summed E-state index contributed by atoms with van der Waals surface area (Å²) in [5.74, 6) is 0. The third kappa shape index (κ3) is 7.52. The molecule has 0 aliphatic carbocycles. The van der Waals surface area contributed by atoms with Crippen molar-refractivity contribution in [1.29, 1.82) is 0 Å². The minimum Gasteiger partial charge on any atom is -0.352 e. The zero-order valence-corrected chi connectivity index (χ0v) is 11.3. The van der Waals surface area contributed by atoms with E-state index in [2.05, 4.69) is 49.8 Å². The lowest BCUT2D eigenvalue weighted by Crippen LogP contribution is -2.22. The van der Waals surface area contributed by atoms with Crippen LogP contribution in [-0.2, 0) is 0 Å². The van der Waals surface area contributed by atoms with E-state index in [0.29, 0.717) is 0 Å². The molecule has 0 saturated heterocycles. The van der Waals surface area contributed by atoms with Crippen LogP contribution in [0.4, 0.5) is 0 Å². The highest BCUT2D eigenvalue weighted by Gasteiger charge is 2.03. The van der Waals surface area contributed by atoms with Gasteiger partial charge in [-0.05, 0) is 32.5 Å². The molecule has 0 spiro atoms. The van der Waals surface area contributed by atoms with Gasteiger partial charge in [0.25, 0.3) is 0 Å². The summed E-state index contributed by atoms with van der Waals surface area (Å²) in [4.78, 5) is 2.28. The highest BCUT2D eigenvalue weighted by Crippen LogP contribution is 2.09. The lowest BCUT2D eigenvalue weighted by molar-refractivity contribution is 0.424. The van der Waals surface area contributed by atoms with Crippen molar-refractivity contribution >= 4 is 0 Å². The fourth-order valence-electron chi connectivity index (χ4n) is 1.60. The summed E-state index contributed by atoms with van der Waals surface area (Å²) in [7, 11) is 0. The summed E-state index contributed by atoms with van der Waals surface area (Å²) < 4.78 is 0. The Morgan fingerprint density at radius 3 is 2.62 bits per heavy atom. The molecule has 2 heteroatoms. The van der Waals surface area contributed by atoms with Crippen molar-refractivity contribution in [2.75, 3.05) is 19.6 Å². The molecule has 0 amide bonds. The van der Waals surface area contributed by atoms with Gasteiger partial charge in [-0.3, -0.25) is 0 Å². The van der Waals surface area contributed by atoms with Crippen molar-refractivity contribution in [2.45, 2.75) is 46.5 Å². The molecule has 0 atom stereocenters. The van der Waals surface area contributed by atoms with Gasteiger partial charge in [-0.1, -0.05) is 39.3 Å². The van der Waals surface area contributed by atoms with E-state index in [1.54, 1.807) is 0 Å². The van der Waals surface area contributed by atoms with Crippen LogP contribution in [0.5, 0.6) is 0 Å². The Morgan fingerprint density at radius 1 is 1.31 bits per heavy atom. The first-order valence-electron chi connectivity index (χ1n) is 6.54. The minimum atomic E-state index is 1.02. The molecule has 0 aromatic heterocycles. The van der Waals surface area contributed by atoms with Crippen molar-refractivity contribution in [2.24, 2.45) is 0 Å². The summed E-state index contributed by atoms with van der Waals surface area (Å²) in [6.45, 7) is 13.7. The standard InChI is InChI=1S/C14H28N2/c1-5-8-9-13-16(12-6-2)14(4)10-11-15-7-3/h6,12,15H,4-5,7-11,13H2,1-3H3/b12-6-. The summed E-state index contributed by atoms with van der Waals surface area (Å²) in [5.41, 5.74) is 1.22. The average molecular weight is 224 g/mol. The van der Waals surface area contributed by atoms with Gasteiger partial charge in [0.1, 0.15) is 0 Å². The summed E-state index contributed by atoms with van der Waals surface area (Å²) in [6.07, 6.45) is 9.09. The fourth-order valence-corrected chi connectivity index (χ4v) is 1.60. The highest BCUT2D eigenvalue weighted by atomic mass is 15.1. The molecule has 0 radical (unpaired) electrons. The first-order chi connectivity index (χ1) is 7.76. The average Bonchev–Trinajstić information content (AvgIpc) is 2.28. The van der Waals surface area contributed by atoms with Crippen molar-refractivity contribution in [3.8, 4) is 0 Å². The second kappa shape index (κ2) is 10.7. The highest BCUT2D eigenvalue weighted by molar-refractivity contribution is 5.00. The molecule has 16 heavy (non-hydrogen) atoms. The zero-order chi connectivity index (χ0) is 12.2. The van der Waals surface area contributed by atoms with Crippen molar-refractivity contribution in [3.05, 3.63) is 24.6 Å². The monoisotopic (exact) mass is 224 g/mol. The van der Waals surface area contributed by atoms with Crippen molar-refractivity contribution in [3.63, 3.8) is 0 Å². The molecule has 0 aliphatic rings. The van der Waals surface area contributed by atoms with Crippen LogP contribution in [-0.4, -0.2) is 24.5 Å². The molecular weight excluding hydrogens is 196 g/mol. The number of nitrogens with one attached hydrogen (secondary N) is 1. The Balaban J connectivity index is 3.93. The predicted molar refractivity (Wildman–Crippen MR) is 73.3 cm³/mol. The first-order valence-corrected chi connectivity index (χ1v) is 6.54. The minimum absolute atomic E-state index is 1.02. The van der Waals surface area contributed by atoms with Crippen LogP contribution in [0.15, 0.2) is 24.6 Å². The van der Waals surface area contributed by atoms with E-state index >= 15 is 0 Å². The predicted octanol–water partition coefficient (Wildman–Crippen LogP) is 3.53. The molecule has 94 valence electrons. The smallest absolute Gasteiger partial charge is 0.0221 e. The molecular formula is C14H28N2. The quantitative estimate of drug-likeness (QED) is 0.571. The molecule has 0 fully saturated rings. The van der Waals surface area contributed by atoms with Crippen LogP contribution in [0.25, 0.3) is 0 Å². The van der Waals surface area contributed by atoms with E-state index in [1.807, 2.05) is 0 Å². The fraction of sp³-hybridized carbons (Fsp3) is 0.714. The molecule has 0 aliphatic heterocycles. The Kier molecular flexibility index (Phi) is 10.2. The number of hydrogen-bond donors (Lipinski definition) is 1. The molecule has 0 saturated carbocycles. The van der Waals surface area contributed by atoms with Crippen molar-refractivity contribution < 1.29 is 0 Å². The van der Waals surface area contributed by atoms with Gasteiger partial charge in [0.15, 0.2) is 0 Å². The van der Waals surface area contributed by atoms with Gasteiger partial charge in [0.2, 0.25) is 0 Å². The van der Waals surface area contributed by atoms with E-state index in [0.717, 1.165) is 26.1 Å². The van der Waals surface area contributed by atoms with Crippen LogP contribution in [0.1, 0.15) is 46.5 Å². The third-order valence-electron chi connectivity index (χ3n) is 2.58. The molecule has 0 aromatic rings. The number of unbranched alkanes of at least 4 members (excludes halogenated alkanes) is 2. The maximum absolute atomic E-state index is 4.16. The number of hydrogen-bond acceptors (Lipinski definition) is 2. The molecule has 0 rings (SSSR count). The Morgan fingerprint density at radius 2 is 2.06 bits per heavy atom. The van der Waals surface area contributed by atoms with Gasteiger partial charge in [-0.15, -0.1) is 0 Å².